The summed E-state index contributed by atoms with van der Waals surface area (Å²) < 4.78 is 51.8. The third-order valence-electron chi connectivity index (χ3n) is 8.38. The lowest BCUT2D eigenvalue weighted by molar-refractivity contribution is -0.158. The first-order valence-corrected chi connectivity index (χ1v) is 13.9. The van der Waals surface area contributed by atoms with Crippen molar-refractivity contribution in [3.63, 3.8) is 0 Å². The predicted molar refractivity (Wildman–Crippen MR) is 147 cm³/mol. The van der Waals surface area contributed by atoms with E-state index in [1.54, 1.807) is 0 Å². The highest BCUT2D eigenvalue weighted by Crippen LogP contribution is 2.49. The van der Waals surface area contributed by atoms with E-state index < -0.39 is 53.1 Å². The van der Waals surface area contributed by atoms with Gasteiger partial charge in [0.2, 0.25) is 5.91 Å². The Morgan fingerprint density at radius 1 is 1.12 bits per heavy atom. The molecule has 41 heavy (non-hydrogen) atoms. The average molecular weight is 577 g/mol. The lowest BCUT2D eigenvalue weighted by atomic mass is 9.72. The number of benzene rings is 2. The van der Waals surface area contributed by atoms with Crippen LogP contribution < -0.4 is 10.1 Å². The van der Waals surface area contributed by atoms with Gasteiger partial charge in [-0.3, -0.25) is 4.79 Å². The number of carbonyl (C=O) groups is 2. The zero-order valence-electron chi connectivity index (χ0n) is 24.1. The number of alkyl halides is 3. The first-order chi connectivity index (χ1) is 19.3. The molecule has 0 saturated carbocycles. The molecule has 0 aromatic heterocycles. The molecule has 2 aromatic carbocycles. The van der Waals surface area contributed by atoms with Gasteiger partial charge in [0.25, 0.3) is 0 Å². The van der Waals surface area contributed by atoms with Crippen molar-refractivity contribution in [2.75, 3.05) is 13.7 Å². The first kappa shape index (κ1) is 30.8. The fraction of sp³-hybridized carbons (Fsp3) is 0.548. The van der Waals surface area contributed by atoms with Crippen molar-refractivity contribution in [1.82, 2.24) is 10.2 Å². The number of ether oxygens (including phenoxy) is 2. The SMILES string of the molecule is COc1ccc(C(F)(F)F)cc1CN[C@@H]1[C@@H](C(C)(C)C)[C@H](C(=O)O)N(C(=O)[C@H]2CCCO[C@H]2C)[C@@H]1c1ccccc1. The highest BCUT2D eigenvalue weighted by molar-refractivity contribution is 5.87. The number of methoxy groups -OCH3 is 1. The van der Waals surface area contributed by atoms with Crippen LogP contribution in [0.3, 0.4) is 0 Å². The van der Waals surface area contributed by atoms with E-state index in [2.05, 4.69) is 5.32 Å². The van der Waals surface area contributed by atoms with Gasteiger partial charge in [0, 0.05) is 30.7 Å². The summed E-state index contributed by atoms with van der Waals surface area (Å²) >= 11 is 0. The molecule has 0 bridgehead atoms. The van der Waals surface area contributed by atoms with Crippen molar-refractivity contribution in [1.29, 1.82) is 0 Å². The Kier molecular flexibility index (Phi) is 9.04. The van der Waals surface area contributed by atoms with Gasteiger partial charge >= 0.3 is 12.1 Å². The normalized spacial score (nSPS) is 27.1. The van der Waals surface area contributed by atoms with Crippen molar-refractivity contribution in [3.8, 4) is 5.75 Å². The summed E-state index contributed by atoms with van der Waals surface area (Å²) in [5.41, 5.74) is -0.362. The Balaban J connectivity index is 1.82. The van der Waals surface area contributed by atoms with E-state index in [0.717, 1.165) is 17.7 Å². The molecule has 0 radical (unpaired) electrons. The maximum Gasteiger partial charge on any atom is 0.416 e. The Morgan fingerprint density at radius 3 is 2.37 bits per heavy atom. The van der Waals surface area contributed by atoms with E-state index in [-0.39, 0.29) is 29.9 Å². The van der Waals surface area contributed by atoms with Gasteiger partial charge in [-0.05, 0) is 48.9 Å². The molecule has 2 fully saturated rings. The van der Waals surface area contributed by atoms with Gasteiger partial charge in [0.05, 0.1) is 30.7 Å². The zero-order chi connectivity index (χ0) is 30.1. The van der Waals surface area contributed by atoms with Crippen molar-refractivity contribution < 1.29 is 37.3 Å². The van der Waals surface area contributed by atoms with E-state index in [1.807, 2.05) is 58.0 Å². The number of carboxylic acids is 1. The van der Waals surface area contributed by atoms with Gasteiger partial charge in [0.1, 0.15) is 11.8 Å². The van der Waals surface area contributed by atoms with Gasteiger partial charge in [-0.15, -0.1) is 0 Å². The molecule has 4 rings (SSSR count). The summed E-state index contributed by atoms with van der Waals surface area (Å²) in [7, 11) is 1.39. The molecule has 2 heterocycles. The van der Waals surface area contributed by atoms with Crippen LogP contribution in [0.1, 0.15) is 63.3 Å². The number of hydrogen-bond donors (Lipinski definition) is 2. The van der Waals surface area contributed by atoms with Crippen molar-refractivity contribution >= 4 is 11.9 Å². The van der Waals surface area contributed by atoms with Gasteiger partial charge in [0.15, 0.2) is 0 Å². The average Bonchev–Trinajstić information content (AvgIpc) is 3.27. The third kappa shape index (κ3) is 6.38. The molecule has 0 unspecified atom stereocenters. The monoisotopic (exact) mass is 576 g/mol. The number of amides is 1. The predicted octanol–water partition coefficient (Wildman–Crippen LogP) is 5.69. The second kappa shape index (κ2) is 12.0. The standard InChI is InChI=1S/C31H39F3N2O5/c1-18-22(12-9-15-41-18)28(37)36-26(19-10-7-6-8-11-19)25(24(30(2,3)4)27(36)29(38)39)35-17-20-16-21(31(32,33)34)13-14-23(20)40-5/h6-8,10-11,13-14,16,18,22,24-27,35H,9,12,15,17H2,1-5H3,(H,38,39)/t18-,22-,24+,25+,26+,27+/m0/s1. The van der Waals surface area contributed by atoms with E-state index in [9.17, 15) is 27.9 Å². The largest absolute Gasteiger partial charge is 0.496 e. The molecule has 0 aliphatic carbocycles. The summed E-state index contributed by atoms with van der Waals surface area (Å²) in [5.74, 6) is -2.20. The van der Waals surface area contributed by atoms with Crippen LogP contribution in [0.25, 0.3) is 0 Å². The quantitative estimate of drug-likeness (QED) is 0.441. The summed E-state index contributed by atoms with van der Waals surface area (Å²) in [4.78, 5) is 28.8. The van der Waals surface area contributed by atoms with Crippen LogP contribution in [0, 0.1) is 17.3 Å². The molecule has 2 aromatic rings. The lowest BCUT2D eigenvalue weighted by Gasteiger charge is -2.37. The topological polar surface area (TPSA) is 88.1 Å². The minimum atomic E-state index is -4.54. The Morgan fingerprint density at radius 2 is 1.80 bits per heavy atom. The Labute approximate surface area is 239 Å². The van der Waals surface area contributed by atoms with E-state index in [4.69, 9.17) is 9.47 Å². The molecule has 2 aliphatic heterocycles. The van der Waals surface area contributed by atoms with Crippen LogP contribution in [0.15, 0.2) is 48.5 Å². The van der Waals surface area contributed by atoms with Crippen LogP contribution in [0.5, 0.6) is 5.75 Å². The molecule has 2 saturated heterocycles. The summed E-state index contributed by atoms with van der Waals surface area (Å²) in [6, 6.07) is 10.1. The van der Waals surface area contributed by atoms with E-state index in [0.29, 0.717) is 19.4 Å². The molecule has 224 valence electrons. The molecular weight excluding hydrogens is 537 g/mol. The van der Waals surface area contributed by atoms with Crippen molar-refractivity contribution in [2.45, 2.75) is 77.5 Å². The number of halogens is 3. The number of nitrogens with zero attached hydrogens (tertiary/aromatic N) is 1. The zero-order valence-corrected chi connectivity index (χ0v) is 24.1. The maximum atomic E-state index is 14.3. The molecule has 0 spiro atoms. The number of aliphatic carboxylic acids is 1. The fourth-order valence-corrected chi connectivity index (χ4v) is 6.49. The molecule has 6 atom stereocenters. The van der Waals surface area contributed by atoms with Crippen LogP contribution in [0.2, 0.25) is 0 Å². The number of nitrogens with one attached hydrogen (secondary N) is 1. The molecule has 2 aliphatic rings. The summed E-state index contributed by atoms with van der Waals surface area (Å²) in [6.07, 6.45) is -3.62. The minimum Gasteiger partial charge on any atom is -0.496 e. The fourth-order valence-electron chi connectivity index (χ4n) is 6.49. The van der Waals surface area contributed by atoms with Crippen LogP contribution >= 0.6 is 0 Å². The third-order valence-corrected chi connectivity index (χ3v) is 8.38. The highest BCUT2D eigenvalue weighted by Gasteiger charge is 2.58. The van der Waals surface area contributed by atoms with Crippen molar-refractivity contribution in [3.05, 3.63) is 65.2 Å². The van der Waals surface area contributed by atoms with Crippen molar-refractivity contribution in [2.24, 2.45) is 17.3 Å². The number of likely N-dealkylation sites (tertiary alicyclic amines) is 1. The summed E-state index contributed by atoms with van der Waals surface area (Å²) in [6.45, 7) is 8.14. The van der Waals surface area contributed by atoms with Gasteiger partial charge in [-0.25, -0.2) is 4.79 Å². The minimum absolute atomic E-state index is 0.0228. The first-order valence-electron chi connectivity index (χ1n) is 13.9. The van der Waals surface area contributed by atoms with E-state index in [1.165, 1.54) is 18.1 Å². The lowest BCUT2D eigenvalue weighted by Crippen LogP contribution is -2.51. The second-order valence-corrected chi connectivity index (χ2v) is 12.0. The number of carboxylic acid groups (broad SMARTS) is 1. The van der Waals surface area contributed by atoms with Gasteiger partial charge < -0.3 is 24.8 Å². The molecule has 1 amide bonds. The van der Waals surface area contributed by atoms with E-state index >= 15 is 0 Å². The Hall–Kier alpha value is -3.11. The number of carbonyl (C=O) groups excluding carboxylic acids is 1. The molecule has 7 nitrogen and oxygen atoms in total. The molecule has 10 heteroatoms. The maximum absolute atomic E-state index is 14.3. The van der Waals surface area contributed by atoms with Gasteiger partial charge in [-0.2, -0.15) is 13.2 Å². The second-order valence-electron chi connectivity index (χ2n) is 12.0. The molecular formula is C31H39F3N2O5. The van der Waals surface area contributed by atoms with Crippen LogP contribution in [-0.2, 0) is 27.0 Å². The van der Waals surface area contributed by atoms with Crippen LogP contribution in [0.4, 0.5) is 13.2 Å². The smallest absolute Gasteiger partial charge is 0.416 e. The molecule has 2 N–H and O–H groups in total. The van der Waals surface area contributed by atoms with Crippen LogP contribution in [-0.4, -0.2) is 53.8 Å². The highest BCUT2D eigenvalue weighted by atomic mass is 19.4. The number of hydrogen-bond acceptors (Lipinski definition) is 5. The summed E-state index contributed by atoms with van der Waals surface area (Å²) in [5, 5.41) is 14.0. The Bertz CT molecular complexity index is 1230. The van der Waals surface area contributed by atoms with Gasteiger partial charge in [-0.1, -0.05) is 51.1 Å². The number of rotatable bonds is 7.